The van der Waals surface area contributed by atoms with Crippen molar-refractivity contribution in [3.05, 3.63) is 16.0 Å². The predicted molar refractivity (Wildman–Crippen MR) is 125 cm³/mol. The van der Waals surface area contributed by atoms with Crippen LogP contribution in [0.2, 0.25) is 0 Å². The number of primary amides is 1. The molecule has 2 aliphatic heterocycles. The number of urea groups is 1. The van der Waals surface area contributed by atoms with E-state index in [0.29, 0.717) is 36.6 Å². The number of nitrogens with zero attached hydrogens (tertiary/aromatic N) is 2. The smallest absolute Gasteiger partial charge is 0.410 e. The quantitative estimate of drug-likeness (QED) is 0.535. The van der Waals surface area contributed by atoms with Crippen molar-refractivity contribution in [2.45, 2.75) is 65.0 Å². The maximum Gasteiger partial charge on any atom is 0.410 e. The molecule has 4 amide bonds. The molecule has 0 aromatic carbocycles. The van der Waals surface area contributed by atoms with Crippen molar-refractivity contribution in [2.24, 2.45) is 5.73 Å². The summed E-state index contributed by atoms with van der Waals surface area (Å²) in [5.41, 5.74) is 6.20. The van der Waals surface area contributed by atoms with Crippen LogP contribution in [0.3, 0.4) is 0 Å². The van der Waals surface area contributed by atoms with E-state index < -0.39 is 17.6 Å². The van der Waals surface area contributed by atoms with E-state index in [1.54, 1.807) is 4.90 Å². The van der Waals surface area contributed by atoms with Crippen molar-refractivity contribution in [3.8, 4) is 0 Å². The Morgan fingerprint density at radius 3 is 2.50 bits per heavy atom. The summed E-state index contributed by atoms with van der Waals surface area (Å²) in [6.45, 7) is 10.2. The number of ether oxygens (including phenoxy) is 1. The zero-order valence-corrected chi connectivity index (χ0v) is 20.1. The van der Waals surface area contributed by atoms with Crippen molar-refractivity contribution >= 4 is 34.4 Å². The summed E-state index contributed by atoms with van der Waals surface area (Å²) in [5, 5.41) is 6.08. The number of anilines is 1. The van der Waals surface area contributed by atoms with Gasteiger partial charge in [-0.25, -0.2) is 9.59 Å². The van der Waals surface area contributed by atoms with Crippen LogP contribution >= 0.6 is 11.3 Å². The number of likely N-dealkylation sites (tertiary alicyclic amines) is 1. The van der Waals surface area contributed by atoms with Gasteiger partial charge in [0, 0.05) is 18.0 Å². The van der Waals surface area contributed by atoms with Crippen LogP contribution in [0.25, 0.3) is 0 Å². The van der Waals surface area contributed by atoms with Crippen LogP contribution in [0.4, 0.5) is 14.6 Å². The lowest BCUT2D eigenvalue weighted by molar-refractivity contribution is 0.0226. The summed E-state index contributed by atoms with van der Waals surface area (Å²) in [4.78, 5) is 41.8. The van der Waals surface area contributed by atoms with Gasteiger partial charge in [0.15, 0.2) is 0 Å². The van der Waals surface area contributed by atoms with E-state index in [-0.39, 0.29) is 6.03 Å². The Balaban J connectivity index is 1.54. The van der Waals surface area contributed by atoms with Gasteiger partial charge in [-0.2, -0.15) is 0 Å². The molecule has 10 heteroatoms. The molecule has 0 aliphatic carbocycles. The average molecular weight is 466 g/mol. The van der Waals surface area contributed by atoms with E-state index >= 15 is 0 Å². The minimum atomic E-state index is -0.579. The number of nitrogens with two attached hydrogens (primary N) is 1. The Bertz CT molecular complexity index is 842. The van der Waals surface area contributed by atoms with E-state index in [1.807, 2.05) is 20.8 Å². The maximum atomic E-state index is 12.4. The molecule has 0 spiro atoms. The van der Waals surface area contributed by atoms with E-state index in [0.717, 1.165) is 29.8 Å². The molecule has 2 aliphatic rings. The van der Waals surface area contributed by atoms with Gasteiger partial charge >= 0.3 is 12.1 Å². The number of hydrogen-bond donors (Lipinski definition) is 3. The van der Waals surface area contributed by atoms with Crippen molar-refractivity contribution in [1.82, 2.24) is 15.1 Å². The third-order valence-electron chi connectivity index (χ3n) is 5.57. The fraction of sp³-hybridized carbons (Fsp3) is 0.682. The molecule has 9 nitrogen and oxygen atoms in total. The summed E-state index contributed by atoms with van der Waals surface area (Å²) in [5.74, 6) is -0.575. The van der Waals surface area contributed by atoms with Gasteiger partial charge in [-0.1, -0.05) is 0 Å². The third kappa shape index (κ3) is 6.59. The van der Waals surface area contributed by atoms with Gasteiger partial charge in [0.2, 0.25) is 0 Å². The highest BCUT2D eigenvalue weighted by Crippen LogP contribution is 2.37. The Morgan fingerprint density at radius 1 is 1.12 bits per heavy atom. The first-order valence-corrected chi connectivity index (χ1v) is 12.1. The second-order valence-corrected chi connectivity index (χ2v) is 10.5. The summed E-state index contributed by atoms with van der Waals surface area (Å²) in [7, 11) is 0. The van der Waals surface area contributed by atoms with E-state index in [4.69, 9.17) is 10.5 Å². The van der Waals surface area contributed by atoms with Crippen molar-refractivity contribution in [1.29, 1.82) is 0 Å². The molecule has 1 aromatic heterocycles. The van der Waals surface area contributed by atoms with E-state index in [1.165, 1.54) is 37.3 Å². The summed E-state index contributed by atoms with van der Waals surface area (Å²) < 4.78 is 5.46. The second kappa shape index (κ2) is 10.5. The molecular formula is C22H35N5O4S. The third-order valence-corrected chi connectivity index (χ3v) is 6.70. The highest BCUT2D eigenvalue weighted by molar-refractivity contribution is 7.17. The standard InChI is InChI=1S/C22H35N5O4S/c1-22(2,3)31-21(30)27-13-8-15-16(14-27)32-19(17(15)18(23)28)25-20(29)24-9-4-5-10-26-11-6-7-12-26/h4-14H2,1-3H3,(H2,23,28)(H2,24,25,29). The first-order chi connectivity index (χ1) is 15.1. The SMILES string of the molecule is CC(C)(C)OC(=O)N1CCc2c(sc(NC(=O)NCCCCN3CCCC3)c2C(N)=O)C1. The predicted octanol–water partition coefficient (Wildman–Crippen LogP) is 3.14. The molecule has 1 fully saturated rings. The number of fused-ring (bicyclic) bond motifs is 1. The Kier molecular flexibility index (Phi) is 8.00. The van der Waals surface area contributed by atoms with Crippen molar-refractivity contribution in [2.75, 3.05) is 38.0 Å². The summed E-state index contributed by atoms with van der Waals surface area (Å²) in [6.07, 6.45) is 4.60. The topological polar surface area (TPSA) is 117 Å². The zero-order chi connectivity index (χ0) is 23.3. The van der Waals surface area contributed by atoms with Gasteiger partial charge in [-0.05, 0) is 78.1 Å². The molecule has 0 unspecified atom stereocenters. The van der Waals surface area contributed by atoms with Crippen LogP contribution < -0.4 is 16.4 Å². The van der Waals surface area contributed by atoms with E-state index in [9.17, 15) is 14.4 Å². The Morgan fingerprint density at radius 2 is 1.84 bits per heavy atom. The molecular weight excluding hydrogens is 430 g/mol. The molecule has 4 N–H and O–H groups in total. The van der Waals surface area contributed by atoms with Gasteiger partial charge in [-0.3, -0.25) is 10.1 Å². The van der Waals surface area contributed by atoms with Crippen LogP contribution in [0.5, 0.6) is 0 Å². The molecule has 0 radical (unpaired) electrons. The molecule has 32 heavy (non-hydrogen) atoms. The van der Waals surface area contributed by atoms with Gasteiger partial charge < -0.3 is 25.6 Å². The van der Waals surface area contributed by atoms with Gasteiger partial charge in [0.05, 0.1) is 12.1 Å². The lowest BCUT2D eigenvalue weighted by atomic mass is 10.0. The van der Waals surface area contributed by atoms with Crippen LogP contribution in [0, 0.1) is 0 Å². The number of carbonyl (C=O) groups excluding carboxylic acids is 3. The first-order valence-electron chi connectivity index (χ1n) is 11.3. The number of amides is 4. The lowest BCUT2D eigenvalue weighted by Gasteiger charge is -2.30. The van der Waals surface area contributed by atoms with Crippen LogP contribution in [-0.4, -0.2) is 66.2 Å². The number of carbonyl (C=O) groups is 3. The molecule has 3 rings (SSSR count). The normalized spacial score (nSPS) is 16.5. The lowest BCUT2D eigenvalue weighted by Crippen LogP contribution is -2.39. The zero-order valence-electron chi connectivity index (χ0n) is 19.3. The van der Waals surface area contributed by atoms with Crippen molar-refractivity contribution < 1.29 is 19.1 Å². The molecule has 3 heterocycles. The Hall–Kier alpha value is -2.33. The fourth-order valence-electron chi connectivity index (χ4n) is 4.05. The number of hydrogen-bond acceptors (Lipinski definition) is 6. The number of unbranched alkanes of at least 4 members (excludes halogenated alkanes) is 1. The average Bonchev–Trinajstić information content (AvgIpc) is 3.32. The molecule has 0 bridgehead atoms. The monoisotopic (exact) mass is 465 g/mol. The maximum absolute atomic E-state index is 12.4. The summed E-state index contributed by atoms with van der Waals surface area (Å²) in [6, 6.07) is -0.351. The molecule has 1 saturated heterocycles. The molecule has 1 aromatic rings. The van der Waals surface area contributed by atoms with Crippen LogP contribution in [0.15, 0.2) is 0 Å². The highest BCUT2D eigenvalue weighted by Gasteiger charge is 2.31. The van der Waals surface area contributed by atoms with Crippen LogP contribution in [-0.2, 0) is 17.7 Å². The fourth-order valence-corrected chi connectivity index (χ4v) is 5.31. The largest absolute Gasteiger partial charge is 0.444 e. The Labute approximate surface area is 193 Å². The minimum absolute atomic E-state index is 0.328. The van der Waals surface area contributed by atoms with Crippen LogP contribution in [0.1, 0.15) is 67.3 Å². The molecule has 0 saturated carbocycles. The van der Waals surface area contributed by atoms with Gasteiger partial charge in [0.25, 0.3) is 5.91 Å². The van der Waals surface area contributed by atoms with Gasteiger partial charge in [0.1, 0.15) is 10.6 Å². The number of nitrogens with one attached hydrogen (secondary N) is 2. The summed E-state index contributed by atoms with van der Waals surface area (Å²) >= 11 is 1.29. The molecule has 178 valence electrons. The van der Waals surface area contributed by atoms with Gasteiger partial charge in [-0.15, -0.1) is 11.3 Å². The second-order valence-electron chi connectivity index (χ2n) is 9.36. The number of rotatable bonds is 7. The molecule has 0 atom stereocenters. The highest BCUT2D eigenvalue weighted by atomic mass is 32.1. The minimum Gasteiger partial charge on any atom is -0.444 e. The van der Waals surface area contributed by atoms with E-state index in [2.05, 4.69) is 15.5 Å². The number of thiophene rings is 1. The van der Waals surface area contributed by atoms with Crippen molar-refractivity contribution in [3.63, 3.8) is 0 Å². The first kappa shape index (κ1) is 24.3.